The van der Waals surface area contributed by atoms with Crippen LogP contribution in [0.4, 0.5) is 11.4 Å². The quantitative estimate of drug-likeness (QED) is 0.601. The lowest BCUT2D eigenvalue weighted by Gasteiger charge is -2.19. The van der Waals surface area contributed by atoms with Crippen molar-refractivity contribution < 1.29 is 4.74 Å². The third-order valence-corrected chi connectivity index (χ3v) is 2.87. The van der Waals surface area contributed by atoms with Gasteiger partial charge in [0.15, 0.2) is 0 Å². The Balaban J connectivity index is 2.02. The van der Waals surface area contributed by atoms with Crippen molar-refractivity contribution >= 4 is 11.4 Å². The Morgan fingerprint density at radius 1 is 1.47 bits per heavy atom. The van der Waals surface area contributed by atoms with Crippen LogP contribution in [-0.4, -0.2) is 26.8 Å². The van der Waals surface area contributed by atoms with Crippen molar-refractivity contribution in [2.24, 2.45) is 0 Å². The molecule has 0 amide bonds. The minimum Gasteiger partial charge on any atom is -0.399 e. The molecule has 2 N–H and O–H groups in total. The molecule has 0 aliphatic carbocycles. The van der Waals surface area contributed by atoms with Crippen molar-refractivity contribution in [1.82, 2.24) is 0 Å². The molecule has 0 spiro atoms. The topological polar surface area (TPSA) is 38.5 Å². The van der Waals surface area contributed by atoms with Gasteiger partial charge in [0.2, 0.25) is 0 Å². The second-order valence-electron chi connectivity index (χ2n) is 3.97. The van der Waals surface area contributed by atoms with E-state index in [1.54, 1.807) is 7.11 Å². The predicted octanol–water partition coefficient (Wildman–Crippen LogP) is 1.67. The molecule has 15 heavy (non-hydrogen) atoms. The van der Waals surface area contributed by atoms with Gasteiger partial charge < -0.3 is 15.4 Å². The third kappa shape index (κ3) is 2.23. The summed E-state index contributed by atoms with van der Waals surface area (Å²) in [5.74, 6) is 0. The van der Waals surface area contributed by atoms with E-state index >= 15 is 0 Å². The SMILES string of the molecule is COCCCN1CCc2cc(N)ccc21. The highest BCUT2D eigenvalue weighted by Crippen LogP contribution is 2.29. The number of benzene rings is 1. The van der Waals surface area contributed by atoms with Gasteiger partial charge in [0.05, 0.1) is 0 Å². The molecule has 3 nitrogen and oxygen atoms in total. The summed E-state index contributed by atoms with van der Waals surface area (Å²) >= 11 is 0. The first-order chi connectivity index (χ1) is 7.31. The molecule has 0 fully saturated rings. The molecule has 0 unspecified atom stereocenters. The minimum atomic E-state index is 0.834. The van der Waals surface area contributed by atoms with E-state index in [0.717, 1.165) is 38.2 Å². The Bertz CT molecular complexity index is 338. The molecular weight excluding hydrogens is 188 g/mol. The Labute approximate surface area is 90.8 Å². The molecule has 1 aromatic carbocycles. The van der Waals surface area contributed by atoms with Crippen LogP contribution in [0.15, 0.2) is 18.2 Å². The number of methoxy groups -OCH3 is 1. The zero-order chi connectivity index (χ0) is 10.7. The monoisotopic (exact) mass is 206 g/mol. The summed E-state index contributed by atoms with van der Waals surface area (Å²) in [4.78, 5) is 2.41. The van der Waals surface area contributed by atoms with Crippen molar-refractivity contribution in [2.75, 3.05) is 37.4 Å². The van der Waals surface area contributed by atoms with Gasteiger partial charge in [0.1, 0.15) is 0 Å². The van der Waals surface area contributed by atoms with Gasteiger partial charge in [-0.1, -0.05) is 0 Å². The van der Waals surface area contributed by atoms with Crippen LogP contribution in [0.3, 0.4) is 0 Å². The number of nitrogens with two attached hydrogens (primary N) is 1. The van der Waals surface area contributed by atoms with Crippen LogP contribution in [0.5, 0.6) is 0 Å². The van der Waals surface area contributed by atoms with E-state index in [-0.39, 0.29) is 0 Å². The van der Waals surface area contributed by atoms with Crippen LogP contribution in [0.25, 0.3) is 0 Å². The Morgan fingerprint density at radius 2 is 2.33 bits per heavy atom. The zero-order valence-electron chi connectivity index (χ0n) is 9.20. The molecule has 1 aliphatic rings. The molecule has 2 rings (SSSR count). The van der Waals surface area contributed by atoms with Gasteiger partial charge in [-0.05, 0) is 36.6 Å². The van der Waals surface area contributed by atoms with E-state index in [2.05, 4.69) is 17.0 Å². The number of nitrogens with zero attached hydrogens (tertiary/aromatic N) is 1. The van der Waals surface area contributed by atoms with Crippen LogP contribution < -0.4 is 10.6 Å². The fourth-order valence-electron chi connectivity index (χ4n) is 2.12. The van der Waals surface area contributed by atoms with Crippen molar-refractivity contribution in [3.63, 3.8) is 0 Å². The molecule has 0 bridgehead atoms. The number of hydrogen-bond donors (Lipinski definition) is 1. The normalized spacial score (nSPS) is 14.3. The lowest BCUT2D eigenvalue weighted by Crippen LogP contribution is -2.22. The largest absolute Gasteiger partial charge is 0.399 e. The van der Waals surface area contributed by atoms with E-state index in [0.29, 0.717) is 0 Å². The average molecular weight is 206 g/mol. The summed E-state index contributed by atoms with van der Waals surface area (Å²) in [6.07, 6.45) is 2.20. The Morgan fingerprint density at radius 3 is 3.13 bits per heavy atom. The van der Waals surface area contributed by atoms with Crippen LogP contribution in [0.2, 0.25) is 0 Å². The first-order valence-electron chi connectivity index (χ1n) is 5.43. The van der Waals surface area contributed by atoms with E-state index in [1.165, 1.54) is 11.3 Å². The van der Waals surface area contributed by atoms with Gasteiger partial charge in [0, 0.05) is 38.2 Å². The number of fused-ring (bicyclic) bond motifs is 1. The molecule has 0 saturated carbocycles. The summed E-state index contributed by atoms with van der Waals surface area (Å²) in [7, 11) is 1.75. The number of nitrogen functional groups attached to an aromatic ring is 1. The van der Waals surface area contributed by atoms with Crippen molar-refractivity contribution in [1.29, 1.82) is 0 Å². The van der Waals surface area contributed by atoms with Gasteiger partial charge in [-0.3, -0.25) is 0 Å². The van der Waals surface area contributed by atoms with Crippen molar-refractivity contribution in [3.05, 3.63) is 23.8 Å². The van der Waals surface area contributed by atoms with Gasteiger partial charge >= 0.3 is 0 Å². The maximum absolute atomic E-state index is 5.76. The van der Waals surface area contributed by atoms with Crippen LogP contribution in [0, 0.1) is 0 Å². The van der Waals surface area contributed by atoms with Gasteiger partial charge in [-0.25, -0.2) is 0 Å². The van der Waals surface area contributed by atoms with Gasteiger partial charge in [-0.2, -0.15) is 0 Å². The summed E-state index contributed by atoms with van der Waals surface area (Å²) in [5, 5.41) is 0. The predicted molar refractivity (Wildman–Crippen MR) is 63.3 cm³/mol. The summed E-state index contributed by atoms with van der Waals surface area (Å²) < 4.78 is 5.06. The smallest absolute Gasteiger partial charge is 0.0479 e. The van der Waals surface area contributed by atoms with E-state index in [4.69, 9.17) is 10.5 Å². The van der Waals surface area contributed by atoms with Gasteiger partial charge in [0.25, 0.3) is 0 Å². The summed E-state index contributed by atoms with van der Waals surface area (Å²) in [6.45, 7) is 3.02. The van der Waals surface area contributed by atoms with Crippen LogP contribution in [0.1, 0.15) is 12.0 Å². The number of hydrogen-bond acceptors (Lipinski definition) is 3. The second kappa shape index (κ2) is 4.53. The molecule has 82 valence electrons. The summed E-state index contributed by atoms with van der Waals surface area (Å²) in [5.41, 5.74) is 9.36. The number of ether oxygens (including phenoxy) is 1. The lowest BCUT2D eigenvalue weighted by atomic mass is 10.1. The third-order valence-electron chi connectivity index (χ3n) is 2.87. The molecule has 0 saturated heterocycles. The fourth-order valence-corrected chi connectivity index (χ4v) is 2.12. The first-order valence-corrected chi connectivity index (χ1v) is 5.43. The first kappa shape index (κ1) is 10.3. The lowest BCUT2D eigenvalue weighted by molar-refractivity contribution is 0.196. The van der Waals surface area contributed by atoms with Crippen LogP contribution >= 0.6 is 0 Å². The minimum absolute atomic E-state index is 0.834. The van der Waals surface area contributed by atoms with Crippen molar-refractivity contribution in [2.45, 2.75) is 12.8 Å². The molecular formula is C12H18N2O. The molecule has 1 aromatic rings. The van der Waals surface area contributed by atoms with Crippen molar-refractivity contribution in [3.8, 4) is 0 Å². The molecule has 0 radical (unpaired) electrons. The van der Waals surface area contributed by atoms with Crippen LogP contribution in [-0.2, 0) is 11.2 Å². The Kier molecular flexibility index (Phi) is 3.11. The highest BCUT2D eigenvalue weighted by molar-refractivity contribution is 5.62. The number of anilines is 2. The van der Waals surface area contributed by atoms with E-state index < -0.39 is 0 Å². The fraction of sp³-hybridized carbons (Fsp3) is 0.500. The molecule has 1 heterocycles. The molecule has 0 atom stereocenters. The zero-order valence-corrected chi connectivity index (χ0v) is 9.20. The second-order valence-corrected chi connectivity index (χ2v) is 3.97. The standard InChI is InChI=1S/C12H18N2O/c1-15-8-2-6-14-7-5-10-9-11(13)3-4-12(10)14/h3-4,9H,2,5-8,13H2,1H3. The van der Waals surface area contributed by atoms with Gasteiger partial charge in [-0.15, -0.1) is 0 Å². The highest BCUT2D eigenvalue weighted by Gasteiger charge is 2.17. The van der Waals surface area contributed by atoms with E-state index in [1.807, 2.05) is 6.07 Å². The molecule has 3 heteroatoms. The molecule has 1 aliphatic heterocycles. The van der Waals surface area contributed by atoms with E-state index in [9.17, 15) is 0 Å². The summed E-state index contributed by atoms with van der Waals surface area (Å²) in [6, 6.07) is 6.20. The number of rotatable bonds is 4. The Hall–Kier alpha value is -1.22. The molecule has 0 aromatic heterocycles. The average Bonchev–Trinajstić information content (AvgIpc) is 2.61. The maximum Gasteiger partial charge on any atom is 0.0479 e. The maximum atomic E-state index is 5.76. The highest BCUT2D eigenvalue weighted by atomic mass is 16.5.